The third-order valence-electron chi connectivity index (χ3n) is 3.44. The molecule has 0 spiro atoms. The lowest BCUT2D eigenvalue weighted by atomic mass is 10.1. The monoisotopic (exact) mass is 291 g/mol. The van der Waals surface area contributed by atoms with Gasteiger partial charge >= 0.3 is 0 Å². The van der Waals surface area contributed by atoms with Crippen molar-refractivity contribution in [3.63, 3.8) is 0 Å². The van der Waals surface area contributed by atoms with Gasteiger partial charge in [0, 0.05) is 23.9 Å². The number of H-pyrrole nitrogens is 1. The molecular weight excluding hydrogens is 274 g/mol. The maximum Gasteiger partial charge on any atom is 0.224 e. The average Bonchev–Trinajstić information content (AvgIpc) is 3.09. The second-order valence-corrected chi connectivity index (χ2v) is 5.08. The third-order valence-corrected chi connectivity index (χ3v) is 3.44. The standard InChI is InChI=1S/C18H17N3O/c22-18(10-9-14-5-2-1-3-6-14)20-16-8-4-7-15(13-16)17-11-12-19-21-17/h1-8,11-13H,9-10H2,(H,19,21)(H,20,22). The Balaban J connectivity index is 1.61. The van der Waals surface area contributed by atoms with Gasteiger partial charge in [-0.3, -0.25) is 9.89 Å². The number of hydrogen-bond acceptors (Lipinski definition) is 2. The normalized spacial score (nSPS) is 10.4. The summed E-state index contributed by atoms with van der Waals surface area (Å²) in [5.41, 5.74) is 3.90. The summed E-state index contributed by atoms with van der Waals surface area (Å²) in [6, 6.07) is 19.6. The molecule has 0 aliphatic rings. The van der Waals surface area contributed by atoms with Crippen molar-refractivity contribution in [2.45, 2.75) is 12.8 Å². The first-order chi connectivity index (χ1) is 10.8. The van der Waals surface area contributed by atoms with E-state index in [9.17, 15) is 4.79 Å². The molecule has 1 heterocycles. The van der Waals surface area contributed by atoms with Gasteiger partial charge in [-0.15, -0.1) is 0 Å². The zero-order chi connectivity index (χ0) is 15.2. The molecule has 1 aromatic heterocycles. The third kappa shape index (κ3) is 3.61. The first kappa shape index (κ1) is 14.1. The molecule has 0 aliphatic carbocycles. The molecule has 0 unspecified atom stereocenters. The molecule has 110 valence electrons. The van der Waals surface area contributed by atoms with Crippen LogP contribution in [0.1, 0.15) is 12.0 Å². The van der Waals surface area contributed by atoms with Crippen molar-refractivity contribution in [2.75, 3.05) is 5.32 Å². The molecule has 3 aromatic rings. The second kappa shape index (κ2) is 6.72. The van der Waals surface area contributed by atoms with Gasteiger partial charge < -0.3 is 5.32 Å². The van der Waals surface area contributed by atoms with Gasteiger partial charge in [-0.25, -0.2) is 0 Å². The quantitative estimate of drug-likeness (QED) is 0.754. The summed E-state index contributed by atoms with van der Waals surface area (Å²) >= 11 is 0. The number of carbonyl (C=O) groups excluding carboxylic acids is 1. The van der Waals surface area contributed by atoms with Crippen molar-refractivity contribution in [2.24, 2.45) is 0 Å². The molecule has 3 rings (SSSR count). The van der Waals surface area contributed by atoms with Crippen LogP contribution in [0.15, 0.2) is 66.9 Å². The van der Waals surface area contributed by atoms with Gasteiger partial charge in [-0.1, -0.05) is 42.5 Å². The predicted octanol–water partition coefficient (Wildman–Crippen LogP) is 3.65. The minimum absolute atomic E-state index is 0.0191. The lowest BCUT2D eigenvalue weighted by Gasteiger charge is -2.07. The maximum atomic E-state index is 12.1. The van der Waals surface area contributed by atoms with Crippen LogP contribution in [-0.2, 0) is 11.2 Å². The highest BCUT2D eigenvalue weighted by Gasteiger charge is 2.05. The molecule has 1 amide bonds. The fourth-order valence-electron chi connectivity index (χ4n) is 2.31. The van der Waals surface area contributed by atoms with Gasteiger partial charge in [0.15, 0.2) is 0 Å². The van der Waals surface area contributed by atoms with E-state index in [1.807, 2.05) is 60.7 Å². The summed E-state index contributed by atoms with van der Waals surface area (Å²) in [4.78, 5) is 12.1. The lowest BCUT2D eigenvalue weighted by Crippen LogP contribution is -2.12. The predicted molar refractivity (Wildman–Crippen MR) is 87.4 cm³/mol. The fraction of sp³-hybridized carbons (Fsp3) is 0.111. The van der Waals surface area contributed by atoms with E-state index >= 15 is 0 Å². The number of benzene rings is 2. The van der Waals surface area contributed by atoms with Crippen molar-refractivity contribution in [1.82, 2.24) is 10.2 Å². The van der Waals surface area contributed by atoms with Crippen molar-refractivity contribution < 1.29 is 4.79 Å². The summed E-state index contributed by atoms with van der Waals surface area (Å²) < 4.78 is 0. The number of carbonyl (C=O) groups is 1. The number of hydrogen-bond donors (Lipinski definition) is 2. The van der Waals surface area contributed by atoms with Crippen LogP contribution in [0.2, 0.25) is 0 Å². The van der Waals surface area contributed by atoms with Crippen LogP contribution in [-0.4, -0.2) is 16.1 Å². The average molecular weight is 291 g/mol. The molecule has 0 saturated heterocycles. The Bertz CT molecular complexity index is 736. The topological polar surface area (TPSA) is 57.8 Å². The summed E-state index contributed by atoms with van der Waals surface area (Å²) in [5, 5.41) is 9.80. The Kier molecular flexibility index (Phi) is 4.30. The Morgan fingerprint density at radius 1 is 1.05 bits per heavy atom. The van der Waals surface area contributed by atoms with E-state index in [0.717, 1.165) is 23.4 Å². The molecule has 0 bridgehead atoms. The first-order valence-corrected chi connectivity index (χ1v) is 7.25. The second-order valence-electron chi connectivity index (χ2n) is 5.08. The zero-order valence-electron chi connectivity index (χ0n) is 12.1. The Morgan fingerprint density at radius 3 is 2.68 bits per heavy atom. The van der Waals surface area contributed by atoms with E-state index in [1.165, 1.54) is 5.56 Å². The molecule has 0 saturated carbocycles. The molecule has 2 aromatic carbocycles. The number of aryl methyl sites for hydroxylation is 1. The summed E-state index contributed by atoms with van der Waals surface area (Å²) in [5.74, 6) is 0.0191. The molecule has 0 atom stereocenters. The number of amides is 1. The molecule has 2 N–H and O–H groups in total. The highest BCUT2D eigenvalue weighted by molar-refractivity contribution is 5.91. The van der Waals surface area contributed by atoms with E-state index in [1.54, 1.807) is 6.20 Å². The first-order valence-electron chi connectivity index (χ1n) is 7.25. The van der Waals surface area contributed by atoms with Crippen molar-refractivity contribution >= 4 is 11.6 Å². The van der Waals surface area contributed by atoms with E-state index in [2.05, 4.69) is 15.5 Å². The molecule has 0 aliphatic heterocycles. The number of aromatic amines is 1. The molecule has 4 heteroatoms. The van der Waals surface area contributed by atoms with Gasteiger partial charge in [-0.05, 0) is 30.2 Å². The van der Waals surface area contributed by atoms with Crippen LogP contribution in [0, 0.1) is 0 Å². The minimum Gasteiger partial charge on any atom is -0.326 e. The summed E-state index contributed by atoms with van der Waals surface area (Å²) in [6.07, 6.45) is 2.92. The van der Waals surface area contributed by atoms with Gasteiger partial charge in [0.2, 0.25) is 5.91 Å². The highest BCUT2D eigenvalue weighted by Crippen LogP contribution is 2.20. The van der Waals surface area contributed by atoms with Gasteiger partial charge in [0.25, 0.3) is 0 Å². The van der Waals surface area contributed by atoms with Crippen LogP contribution >= 0.6 is 0 Å². The van der Waals surface area contributed by atoms with E-state index in [-0.39, 0.29) is 5.91 Å². The minimum atomic E-state index is 0.0191. The number of nitrogens with one attached hydrogen (secondary N) is 2. The van der Waals surface area contributed by atoms with Crippen LogP contribution in [0.5, 0.6) is 0 Å². The van der Waals surface area contributed by atoms with E-state index in [0.29, 0.717) is 6.42 Å². The smallest absolute Gasteiger partial charge is 0.224 e. The fourth-order valence-corrected chi connectivity index (χ4v) is 2.31. The number of nitrogens with zero attached hydrogens (tertiary/aromatic N) is 1. The Morgan fingerprint density at radius 2 is 1.91 bits per heavy atom. The van der Waals surface area contributed by atoms with E-state index in [4.69, 9.17) is 0 Å². The van der Waals surface area contributed by atoms with Crippen LogP contribution in [0.25, 0.3) is 11.3 Å². The Hall–Kier alpha value is -2.88. The van der Waals surface area contributed by atoms with Gasteiger partial charge in [0.05, 0.1) is 5.69 Å². The van der Waals surface area contributed by atoms with Crippen LogP contribution < -0.4 is 5.32 Å². The number of rotatable bonds is 5. The van der Waals surface area contributed by atoms with Crippen LogP contribution in [0.3, 0.4) is 0 Å². The Labute approximate surface area is 129 Å². The van der Waals surface area contributed by atoms with Gasteiger partial charge in [-0.2, -0.15) is 5.10 Å². The highest BCUT2D eigenvalue weighted by atomic mass is 16.1. The van der Waals surface area contributed by atoms with Crippen molar-refractivity contribution in [1.29, 1.82) is 0 Å². The number of anilines is 1. The molecule has 4 nitrogen and oxygen atoms in total. The van der Waals surface area contributed by atoms with Gasteiger partial charge in [0.1, 0.15) is 0 Å². The molecule has 0 radical (unpaired) electrons. The lowest BCUT2D eigenvalue weighted by molar-refractivity contribution is -0.116. The molecular formula is C18H17N3O. The van der Waals surface area contributed by atoms with Crippen molar-refractivity contribution in [3.8, 4) is 11.3 Å². The van der Waals surface area contributed by atoms with Crippen LogP contribution in [0.4, 0.5) is 5.69 Å². The molecule has 22 heavy (non-hydrogen) atoms. The largest absolute Gasteiger partial charge is 0.326 e. The zero-order valence-corrected chi connectivity index (χ0v) is 12.1. The summed E-state index contributed by atoms with van der Waals surface area (Å²) in [6.45, 7) is 0. The number of aromatic nitrogens is 2. The van der Waals surface area contributed by atoms with Crippen molar-refractivity contribution in [3.05, 3.63) is 72.4 Å². The van der Waals surface area contributed by atoms with E-state index < -0.39 is 0 Å². The molecule has 0 fully saturated rings. The maximum absolute atomic E-state index is 12.1. The summed E-state index contributed by atoms with van der Waals surface area (Å²) in [7, 11) is 0. The SMILES string of the molecule is O=C(CCc1ccccc1)Nc1cccc(-c2ccn[nH]2)c1.